The number of hydrogen-bond donors (Lipinski definition) is 1. The molecule has 39 heavy (non-hydrogen) atoms. The molecular weight excluding hydrogens is 507 g/mol. The van der Waals surface area contributed by atoms with E-state index < -0.39 is 5.41 Å². The Morgan fingerprint density at radius 1 is 1.26 bits per heavy atom. The number of ketones is 1. The predicted molar refractivity (Wildman–Crippen MR) is 162 cm³/mol. The van der Waals surface area contributed by atoms with Crippen molar-refractivity contribution in [3.8, 4) is 0 Å². The van der Waals surface area contributed by atoms with Crippen LogP contribution in [0.1, 0.15) is 69.9 Å². The number of carbonyl (C=O) groups excluding carboxylic acids is 1. The lowest BCUT2D eigenvalue weighted by atomic mass is 9.65. The Hall–Kier alpha value is -3.03. The second kappa shape index (κ2) is 12.4. The van der Waals surface area contributed by atoms with Crippen LogP contribution in [0.2, 0.25) is 0 Å². The molecule has 2 heterocycles. The molecule has 1 saturated heterocycles. The van der Waals surface area contributed by atoms with Crippen molar-refractivity contribution in [3.63, 3.8) is 0 Å². The van der Waals surface area contributed by atoms with Crippen molar-refractivity contribution in [2.24, 2.45) is 10.4 Å². The molecule has 0 amide bonds. The van der Waals surface area contributed by atoms with E-state index in [1.807, 2.05) is 25.3 Å². The number of rotatable bonds is 9. The molecule has 0 radical (unpaired) electrons. The molecular formula is C32H39FN4OS. The molecule has 1 aliphatic heterocycles. The third-order valence-corrected chi connectivity index (χ3v) is 8.78. The number of piperidine rings is 1. The highest BCUT2D eigenvalue weighted by molar-refractivity contribution is 8.01. The van der Waals surface area contributed by atoms with E-state index in [1.165, 1.54) is 17.7 Å². The van der Waals surface area contributed by atoms with Crippen LogP contribution in [0.15, 0.2) is 81.0 Å². The number of nitrogens with zero attached hydrogens (tertiary/aromatic N) is 3. The predicted octanol–water partition coefficient (Wildman–Crippen LogP) is 7.93. The molecule has 0 spiro atoms. The van der Waals surface area contributed by atoms with Gasteiger partial charge in [-0.15, -0.1) is 0 Å². The standard InChI is InChI=1S/C32H39FN4OS/c1-7-24(6)35-19-30(21(2)3)39-37-15-13-25-17-28(36-27-10-8-26(33)9-11-27)23(5)18-32(25,20-37)31(38)29-16-22(4)12-14-34-29/h8-12,14,16-17,19,24,36H,7,13,15,18,20H2,1-6H3/b35-19-. The SMILES string of the molecule is CCC(C)/N=C\C(SN1CCC2=CC(Nc3ccc(F)cc3)=C(C)CC2(C(=O)c2cc(C)ccn2)C1)=C(C)C. The Bertz CT molecular complexity index is 1340. The number of fused-ring (bicyclic) bond motifs is 1. The first kappa shape index (κ1) is 29.0. The zero-order valence-electron chi connectivity index (χ0n) is 23.8. The molecule has 4 rings (SSSR count). The number of Topliss-reactive ketones (excluding diaryl/α,β-unsaturated/α-hetero) is 1. The summed E-state index contributed by atoms with van der Waals surface area (Å²) in [5.41, 5.74) is 6.05. The molecule has 5 nitrogen and oxygen atoms in total. The molecule has 1 N–H and O–H groups in total. The number of pyridine rings is 1. The lowest BCUT2D eigenvalue weighted by Gasteiger charge is -2.45. The molecule has 7 heteroatoms. The molecule has 1 fully saturated rings. The number of allylic oxidation sites excluding steroid dienone is 4. The summed E-state index contributed by atoms with van der Waals surface area (Å²) in [6.07, 6.45) is 8.22. The van der Waals surface area contributed by atoms with Crippen LogP contribution in [0.5, 0.6) is 0 Å². The number of halogens is 1. The van der Waals surface area contributed by atoms with Gasteiger partial charge in [0.15, 0.2) is 5.78 Å². The summed E-state index contributed by atoms with van der Waals surface area (Å²) >= 11 is 1.70. The topological polar surface area (TPSA) is 57.6 Å². The third-order valence-electron chi connectivity index (χ3n) is 7.50. The summed E-state index contributed by atoms with van der Waals surface area (Å²) in [5.74, 6) is -0.201. The van der Waals surface area contributed by atoms with Gasteiger partial charge in [0.25, 0.3) is 0 Å². The van der Waals surface area contributed by atoms with Crippen molar-refractivity contribution >= 4 is 29.6 Å². The quantitative estimate of drug-likeness (QED) is 0.197. The fourth-order valence-corrected chi connectivity index (χ4v) is 6.02. The van der Waals surface area contributed by atoms with Crippen molar-refractivity contribution < 1.29 is 9.18 Å². The number of benzene rings is 1. The lowest BCUT2D eigenvalue weighted by Crippen LogP contribution is -2.49. The maximum atomic E-state index is 14.3. The van der Waals surface area contributed by atoms with Crippen LogP contribution >= 0.6 is 11.9 Å². The van der Waals surface area contributed by atoms with Gasteiger partial charge >= 0.3 is 0 Å². The third kappa shape index (κ3) is 6.76. The van der Waals surface area contributed by atoms with Gasteiger partial charge in [-0.3, -0.25) is 14.8 Å². The minimum Gasteiger partial charge on any atom is -0.356 e. The molecule has 0 saturated carbocycles. The minimum absolute atomic E-state index is 0.0648. The van der Waals surface area contributed by atoms with Crippen LogP contribution < -0.4 is 5.32 Å². The zero-order valence-corrected chi connectivity index (χ0v) is 24.7. The molecule has 1 aliphatic carbocycles. The second-order valence-electron chi connectivity index (χ2n) is 10.9. The highest BCUT2D eigenvalue weighted by Crippen LogP contribution is 2.48. The maximum absolute atomic E-state index is 14.3. The van der Waals surface area contributed by atoms with E-state index >= 15 is 0 Å². The molecule has 1 aromatic carbocycles. The number of aromatic nitrogens is 1. The van der Waals surface area contributed by atoms with Gasteiger partial charge in [-0.1, -0.05) is 18.1 Å². The first-order valence-electron chi connectivity index (χ1n) is 13.7. The van der Waals surface area contributed by atoms with Crippen molar-refractivity contribution in [2.75, 3.05) is 18.4 Å². The molecule has 2 aromatic rings. The van der Waals surface area contributed by atoms with Crippen molar-refractivity contribution in [1.29, 1.82) is 0 Å². The Balaban J connectivity index is 1.67. The Labute approximate surface area is 236 Å². The molecule has 2 atom stereocenters. The number of aliphatic imine (C=N–C) groups is 1. The lowest BCUT2D eigenvalue weighted by molar-refractivity contribution is 0.0773. The summed E-state index contributed by atoms with van der Waals surface area (Å²) < 4.78 is 15.8. The molecule has 2 aliphatic rings. The molecule has 1 aromatic heterocycles. The minimum atomic E-state index is -0.704. The number of aryl methyl sites for hydroxylation is 1. The van der Waals surface area contributed by atoms with Crippen LogP contribution in [0.3, 0.4) is 0 Å². The highest BCUT2D eigenvalue weighted by atomic mass is 32.2. The Morgan fingerprint density at radius 3 is 2.67 bits per heavy atom. The van der Waals surface area contributed by atoms with Crippen molar-refractivity contribution in [2.45, 2.75) is 66.8 Å². The van der Waals surface area contributed by atoms with Crippen LogP contribution in [-0.2, 0) is 0 Å². The summed E-state index contributed by atoms with van der Waals surface area (Å²) in [6.45, 7) is 14.0. The molecule has 206 valence electrons. The fraction of sp³-hybridized carbons (Fsp3) is 0.406. The number of anilines is 1. The highest BCUT2D eigenvalue weighted by Gasteiger charge is 2.48. The van der Waals surface area contributed by atoms with Gasteiger partial charge in [0.2, 0.25) is 0 Å². The smallest absolute Gasteiger partial charge is 0.192 e. The van der Waals surface area contributed by atoms with Gasteiger partial charge in [-0.05, 0) is 119 Å². The second-order valence-corrected chi connectivity index (χ2v) is 12.0. The first-order valence-corrected chi connectivity index (χ1v) is 14.4. The first-order chi connectivity index (χ1) is 18.6. The Morgan fingerprint density at radius 2 is 2.00 bits per heavy atom. The van der Waals surface area contributed by atoms with Gasteiger partial charge in [0.05, 0.1) is 5.41 Å². The van der Waals surface area contributed by atoms with Crippen molar-refractivity contribution in [1.82, 2.24) is 9.29 Å². The maximum Gasteiger partial charge on any atom is 0.192 e. The molecule has 0 bridgehead atoms. The number of hydrogen-bond acceptors (Lipinski definition) is 6. The van der Waals surface area contributed by atoms with Crippen LogP contribution in [0, 0.1) is 18.2 Å². The van der Waals surface area contributed by atoms with E-state index in [-0.39, 0.29) is 17.6 Å². The average molecular weight is 547 g/mol. The molecule has 2 unspecified atom stereocenters. The summed E-state index contributed by atoms with van der Waals surface area (Å²) in [7, 11) is 0. The summed E-state index contributed by atoms with van der Waals surface area (Å²) in [4.78, 5) is 24.7. The van der Waals surface area contributed by atoms with E-state index in [1.54, 1.807) is 30.3 Å². The number of nitrogens with one attached hydrogen (secondary N) is 1. The van der Waals surface area contributed by atoms with E-state index in [0.717, 1.165) is 52.4 Å². The van der Waals surface area contributed by atoms with E-state index in [2.05, 4.69) is 55.3 Å². The number of carbonyl (C=O) groups is 1. The van der Waals surface area contributed by atoms with Crippen molar-refractivity contribution in [3.05, 3.63) is 93.1 Å². The largest absolute Gasteiger partial charge is 0.356 e. The average Bonchev–Trinajstić information content (AvgIpc) is 2.91. The van der Waals surface area contributed by atoms with Gasteiger partial charge in [-0.2, -0.15) is 0 Å². The van der Waals surface area contributed by atoms with Crippen LogP contribution in [0.25, 0.3) is 0 Å². The van der Waals surface area contributed by atoms with Gasteiger partial charge < -0.3 is 5.32 Å². The van der Waals surface area contributed by atoms with Crippen LogP contribution in [-0.4, -0.2) is 40.4 Å². The Kier molecular flexibility index (Phi) is 9.23. The van der Waals surface area contributed by atoms with Crippen LogP contribution in [0.4, 0.5) is 10.1 Å². The van der Waals surface area contributed by atoms with E-state index in [0.29, 0.717) is 18.7 Å². The van der Waals surface area contributed by atoms with Gasteiger partial charge in [-0.25, -0.2) is 8.70 Å². The zero-order chi connectivity index (χ0) is 28.2. The van der Waals surface area contributed by atoms with Gasteiger partial charge in [0, 0.05) is 47.8 Å². The van der Waals surface area contributed by atoms with E-state index in [4.69, 9.17) is 4.99 Å². The summed E-state index contributed by atoms with van der Waals surface area (Å²) in [5, 5.41) is 3.45. The fourth-order valence-electron chi connectivity index (χ4n) is 4.99. The normalized spacial score (nSPS) is 20.4. The monoisotopic (exact) mass is 546 g/mol. The summed E-state index contributed by atoms with van der Waals surface area (Å²) in [6, 6.07) is 10.5. The van der Waals surface area contributed by atoms with Gasteiger partial charge in [0.1, 0.15) is 11.5 Å². The van der Waals surface area contributed by atoms with E-state index in [9.17, 15) is 9.18 Å².